The van der Waals surface area contributed by atoms with Crippen molar-refractivity contribution in [2.24, 2.45) is 5.92 Å². The molecule has 0 aliphatic carbocycles. The normalized spacial score (nSPS) is 12.6. The summed E-state index contributed by atoms with van der Waals surface area (Å²) in [7, 11) is 0. The van der Waals surface area contributed by atoms with Crippen molar-refractivity contribution in [2.45, 2.75) is 20.0 Å². The van der Waals surface area contributed by atoms with Crippen LogP contribution in [-0.2, 0) is 9.53 Å². The summed E-state index contributed by atoms with van der Waals surface area (Å²) in [5.41, 5.74) is 2.31. The number of halogens is 1. The van der Waals surface area contributed by atoms with Gasteiger partial charge in [-0.3, -0.25) is 9.59 Å². The van der Waals surface area contributed by atoms with Gasteiger partial charge in [-0.25, -0.2) is 0 Å². The van der Waals surface area contributed by atoms with Gasteiger partial charge in [0, 0.05) is 21.6 Å². The molecular formula is C14H14BrNO3. The first-order valence-electron chi connectivity index (χ1n) is 5.93. The molecule has 1 atom stereocenters. The smallest absolute Gasteiger partial charge is 0.293 e. The Kier molecular flexibility index (Phi) is 4.04. The van der Waals surface area contributed by atoms with E-state index in [1.807, 2.05) is 26.0 Å². The molecule has 19 heavy (non-hydrogen) atoms. The van der Waals surface area contributed by atoms with Gasteiger partial charge in [0.1, 0.15) is 6.10 Å². The van der Waals surface area contributed by atoms with E-state index in [1.54, 1.807) is 6.20 Å². The minimum atomic E-state index is -0.326. The van der Waals surface area contributed by atoms with Gasteiger partial charge in [-0.2, -0.15) is 0 Å². The molecule has 0 fully saturated rings. The van der Waals surface area contributed by atoms with Crippen LogP contribution in [0.25, 0.3) is 10.9 Å². The van der Waals surface area contributed by atoms with E-state index in [4.69, 9.17) is 4.74 Å². The Balaban J connectivity index is 2.60. The number of carbonyl (C=O) groups excluding carboxylic acids is 2. The van der Waals surface area contributed by atoms with E-state index in [2.05, 4.69) is 20.9 Å². The number of H-pyrrole nitrogens is 1. The van der Waals surface area contributed by atoms with Gasteiger partial charge in [-0.05, 0) is 39.5 Å². The van der Waals surface area contributed by atoms with Gasteiger partial charge in [0.2, 0.25) is 0 Å². The third kappa shape index (κ3) is 2.56. The molecule has 1 heterocycles. The van der Waals surface area contributed by atoms with E-state index in [9.17, 15) is 9.59 Å². The first-order chi connectivity index (χ1) is 9.08. The van der Waals surface area contributed by atoms with Crippen LogP contribution in [0.15, 0.2) is 22.8 Å². The van der Waals surface area contributed by atoms with Crippen LogP contribution >= 0.6 is 15.9 Å². The summed E-state index contributed by atoms with van der Waals surface area (Å²) < 4.78 is 5.98. The molecule has 0 amide bonds. The van der Waals surface area contributed by atoms with E-state index in [-0.39, 0.29) is 12.0 Å². The number of benzene rings is 1. The molecule has 0 spiro atoms. The Bertz CT molecular complexity index is 618. The number of hydrogen-bond acceptors (Lipinski definition) is 3. The van der Waals surface area contributed by atoms with Gasteiger partial charge in [0.15, 0.2) is 6.29 Å². The fourth-order valence-electron chi connectivity index (χ4n) is 2.17. The number of aromatic amines is 1. The van der Waals surface area contributed by atoms with Gasteiger partial charge in [-0.1, -0.05) is 13.8 Å². The lowest BCUT2D eigenvalue weighted by Crippen LogP contribution is -2.10. The zero-order chi connectivity index (χ0) is 14.0. The number of aromatic nitrogens is 1. The number of carbonyl (C=O) groups is 2. The number of ether oxygens (including phenoxy) is 1. The quantitative estimate of drug-likeness (QED) is 0.855. The summed E-state index contributed by atoms with van der Waals surface area (Å²) in [6.07, 6.45) is 2.14. The fourth-order valence-corrected chi connectivity index (χ4v) is 2.76. The zero-order valence-electron chi connectivity index (χ0n) is 10.6. The van der Waals surface area contributed by atoms with Crippen LogP contribution < -0.4 is 0 Å². The maximum Gasteiger partial charge on any atom is 0.293 e. The summed E-state index contributed by atoms with van der Waals surface area (Å²) in [4.78, 5) is 24.7. The Labute approximate surface area is 119 Å². The summed E-state index contributed by atoms with van der Waals surface area (Å²) in [6, 6.07) is 3.79. The van der Waals surface area contributed by atoms with Crippen LogP contribution in [0.5, 0.6) is 0 Å². The Hall–Kier alpha value is -1.62. The first kappa shape index (κ1) is 13.8. The third-order valence-corrected chi connectivity index (χ3v) is 3.68. The molecule has 5 heteroatoms. The summed E-state index contributed by atoms with van der Waals surface area (Å²) in [6.45, 7) is 4.41. The van der Waals surface area contributed by atoms with Crippen LogP contribution in [0.2, 0.25) is 0 Å². The van der Waals surface area contributed by atoms with Crippen molar-refractivity contribution in [3.63, 3.8) is 0 Å². The second kappa shape index (κ2) is 5.57. The van der Waals surface area contributed by atoms with Gasteiger partial charge >= 0.3 is 0 Å². The molecule has 0 aliphatic heterocycles. The van der Waals surface area contributed by atoms with E-state index >= 15 is 0 Å². The summed E-state index contributed by atoms with van der Waals surface area (Å²) >= 11 is 3.47. The topological polar surface area (TPSA) is 59.2 Å². The minimum absolute atomic E-state index is 0.146. The Morgan fingerprint density at radius 2 is 2.05 bits per heavy atom. The SMILES string of the molecule is CC(C)C(OC=O)c1cc(Br)c2[nH]cc(C=O)c2c1. The minimum Gasteiger partial charge on any atom is -0.459 e. The Morgan fingerprint density at radius 3 is 2.63 bits per heavy atom. The molecule has 0 saturated heterocycles. The lowest BCUT2D eigenvalue weighted by Gasteiger charge is -2.20. The molecule has 1 aromatic carbocycles. The molecule has 2 rings (SSSR count). The van der Waals surface area contributed by atoms with Gasteiger partial charge in [-0.15, -0.1) is 0 Å². The maximum absolute atomic E-state index is 11.0. The predicted octanol–water partition coefficient (Wildman–Crippen LogP) is 3.61. The molecule has 0 saturated carbocycles. The molecule has 1 unspecified atom stereocenters. The van der Waals surface area contributed by atoms with Crippen LogP contribution in [0.4, 0.5) is 0 Å². The number of fused-ring (bicyclic) bond motifs is 1. The molecule has 2 aromatic rings. The van der Waals surface area contributed by atoms with Crippen molar-refractivity contribution in [1.82, 2.24) is 4.98 Å². The first-order valence-corrected chi connectivity index (χ1v) is 6.72. The molecule has 0 aliphatic rings. The largest absolute Gasteiger partial charge is 0.459 e. The van der Waals surface area contributed by atoms with Crippen LogP contribution in [0.1, 0.15) is 35.9 Å². The lowest BCUT2D eigenvalue weighted by molar-refractivity contribution is -0.136. The van der Waals surface area contributed by atoms with E-state index in [1.165, 1.54) is 0 Å². The van der Waals surface area contributed by atoms with Crippen molar-refractivity contribution >= 4 is 39.6 Å². The van der Waals surface area contributed by atoms with Gasteiger partial charge in [0.05, 0.1) is 5.52 Å². The highest BCUT2D eigenvalue weighted by molar-refractivity contribution is 9.10. The van der Waals surface area contributed by atoms with E-state index in [0.717, 1.165) is 27.2 Å². The molecule has 1 aromatic heterocycles. The molecule has 4 nitrogen and oxygen atoms in total. The average Bonchev–Trinajstić information content (AvgIpc) is 2.78. The zero-order valence-corrected chi connectivity index (χ0v) is 12.2. The highest BCUT2D eigenvalue weighted by Gasteiger charge is 2.19. The molecule has 0 radical (unpaired) electrons. The fraction of sp³-hybridized carbons (Fsp3) is 0.286. The van der Waals surface area contributed by atoms with E-state index in [0.29, 0.717) is 12.0 Å². The number of nitrogens with one attached hydrogen (secondary N) is 1. The van der Waals surface area contributed by atoms with Crippen molar-refractivity contribution in [1.29, 1.82) is 0 Å². The molecule has 100 valence electrons. The van der Waals surface area contributed by atoms with Gasteiger partial charge < -0.3 is 9.72 Å². The highest BCUT2D eigenvalue weighted by atomic mass is 79.9. The Morgan fingerprint density at radius 1 is 1.32 bits per heavy atom. The van der Waals surface area contributed by atoms with Crippen LogP contribution in [-0.4, -0.2) is 17.7 Å². The molecular weight excluding hydrogens is 310 g/mol. The second-order valence-corrected chi connectivity index (χ2v) is 5.54. The van der Waals surface area contributed by atoms with Crippen molar-refractivity contribution in [3.8, 4) is 0 Å². The van der Waals surface area contributed by atoms with Crippen LogP contribution in [0, 0.1) is 5.92 Å². The van der Waals surface area contributed by atoms with E-state index < -0.39 is 0 Å². The van der Waals surface area contributed by atoms with Crippen molar-refractivity contribution < 1.29 is 14.3 Å². The predicted molar refractivity (Wildman–Crippen MR) is 76.1 cm³/mol. The highest BCUT2D eigenvalue weighted by Crippen LogP contribution is 2.33. The number of rotatable bonds is 5. The van der Waals surface area contributed by atoms with Crippen molar-refractivity contribution in [2.75, 3.05) is 0 Å². The lowest BCUT2D eigenvalue weighted by atomic mass is 9.97. The number of hydrogen-bond donors (Lipinski definition) is 1. The monoisotopic (exact) mass is 323 g/mol. The third-order valence-electron chi connectivity index (χ3n) is 3.06. The van der Waals surface area contributed by atoms with Crippen molar-refractivity contribution in [3.05, 3.63) is 33.9 Å². The van der Waals surface area contributed by atoms with Crippen LogP contribution in [0.3, 0.4) is 0 Å². The summed E-state index contributed by atoms with van der Waals surface area (Å²) in [5, 5.41) is 0.819. The molecule has 1 N–H and O–H groups in total. The summed E-state index contributed by atoms with van der Waals surface area (Å²) in [5.74, 6) is 0.146. The van der Waals surface area contributed by atoms with Gasteiger partial charge in [0.25, 0.3) is 6.47 Å². The molecule has 0 bridgehead atoms. The standard InChI is InChI=1S/C14H14BrNO3/c1-8(2)14(19-7-18)9-3-11-10(6-17)5-16-13(11)12(15)4-9/h3-8,14,16H,1-2H3. The maximum atomic E-state index is 11.0. The number of aldehydes is 1. The average molecular weight is 324 g/mol. The second-order valence-electron chi connectivity index (χ2n) is 4.68.